The molecule has 0 fully saturated rings. The highest BCUT2D eigenvalue weighted by molar-refractivity contribution is 6.01. The lowest BCUT2D eigenvalue weighted by molar-refractivity contribution is -0.137. The molecule has 1 heterocycles. The highest BCUT2D eigenvalue weighted by Crippen LogP contribution is 2.37. The molecule has 0 N–H and O–H groups in total. The van der Waals surface area contributed by atoms with Gasteiger partial charge in [-0.15, -0.1) is 0 Å². The molecule has 108 valence electrons. The highest BCUT2D eigenvalue weighted by Gasteiger charge is 2.34. The van der Waals surface area contributed by atoms with E-state index < -0.39 is 11.7 Å². The summed E-state index contributed by atoms with van der Waals surface area (Å²) in [5.74, 6) is -0.173. The number of halogens is 3. The third kappa shape index (κ3) is 2.63. The van der Waals surface area contributed by atoms with E-state index in [4.69, 9.17) is 0 Å². The SMILES string of the molecule is O=C1Cc2ccc(C(F)(F)F)cc2N1Cc1ccccc1. The van der Waals surface area contributed by atoms with Crippen LogP contribution >= 0.6 is 0 Å². The zero-order valence-electron chi connectivity index (χ0n) is 11.0. The summed E-state index contributed by atoms with van der Waals surface area (Å²) in [6, 6.07) is 12.7. The normalized spacial score (nSPS) is 14.4. The van der Waals surface area contributed by atoms with Crippen LogP contribution in [0.4, 0.5) is 18.9 Å². The van der Waals surface area contributed by atoms with Gasteiger partial charge in [0.05, 0.1) is 18.5 Å². The first-order valence-corrected chi connectivity index (χ1v) is 6.49. The molecule has 0 bridgehead atoms. The van der Waals surface area contributed by atoms with E-state index in [9.17, 15) is 18.0 Å². The van der Waals surface area contributed by atoms with Crippen molar-refractivity contribution < 1.29 is 18.0 Å². The molecular formula is C16H12F3NO. The van der Waals surface area contributed by atoms with Crippen molar-refractivity contribution in [3.05, 3.63) is 65.2 Å². The first-order valence-electron chi connectivity index (χ1n) is 6.49. The van der Waals surface area contributed by atoms with Crippen LogP contribution in [-0.2, 0) is 23.9 Å². The lowest BCUT2D eigenvalue weighted by Crippen LogP contribution is -2.26. The number of anilines is 1. The standard InChI is InChI=1S/C16H12F3NO/c17-16(18,19)13-7-6-12-8-15(21)20(14(12)9-13)10-11-4-2-1-3-5-11/h1-7,9H,8,10H2. The summed E-state index contributed by atoms with van der Waals surface area (Å²) in [6.07, 6.45) is -4.25. The van der Waals surface area contributed by atoms with Crippen LogP contribution in [0.3, 0.4) is 0 Å². The molecule has 0 radical (unpaired) electrons. The van der Waals surface area contributed by atoms with Crippen LogP contribution in [0.25, 0.3) is 0 Å². The molecule has 5 heteroatoms. The third-order valence-corrected chi connectivity index (χ3v) is 3.53. The molecule has 0 aromatic heterocycles. The van der Waals surface area contributed by atoms with Crippen LogP contribution in [0.5, 0.6) is 0 Å². The molecule has 3 rings (SSSR count). The van der Waals surface area contributed by atoms with Crippen LogP contribution < -0.4 is 4.90 Å². The van der Waals surface area contributed by atoms with Gasteiger partial charge in [0.1, 0.15) is 0 Å². The van der Waals surface area contributed by atoms with E-state index in [-0.39, 0.29) is 18.9 Å². The molecule has 2 aromatic carbocycles. The predicted molar refractivity (Wildman–Crippen MR) is 72.8 cm³/mol. The molecule has 1 aliphatic rings. The van der Waals surface area contributed by atoms with Crippen molar-refractivity contribution in [2.75, 3.05) is 4.90 Å². The minimum Gasteiger partial charge on any atom is -0.307 e. The maximum atomic E-state index is 12.8. The van der Waals surface area contributed by atoms with E-state index in [0.29, 0.717) is 11.3 Å². The van der Waals surface area contributed by atoms with Crippen LogP contribution in [0.2, 0.25) is 0 Å². The first-order chi connectivity index (χ1) is 9.95. The Morgan fingerprint density at radius 1 is 1.05 bits per heavy atom. The molecule has 2 nitrogen and oxygen atoms in total. The minimum absolute atomic E-state index is 0.153. The number of benzene rings is 2. The zero-order chi connectivity index (χ0) is 15.0. The van der Waals surface area contributed by atoms with Gasteiger partial charge in [-0.1, -0.05) is 36.4 Å². The number of carbonyl (C=O) groups is 1. The number of fused-ring (bicyclic) bond motifs is 1. The van der Waals surface area contributed by atoms with E-state index in [0.717, 1.165) is 17.7 Å². The molecule has 0 spiro atoms. The average Bonchev–Trinajstić information content (AvgIpc) is 2.75. The fourth-order valence-electron chi connectivity index (χ4n) is 2.47. The lowest BCUT2D eigenvalue weighted by Gasteiger charge is -2.18. The molecule has 0 unspecified atom stereocenters. The van der Waals surface area contributed by atoms with Crippen molar-refractivity contribution in [1.29, 1.82) is 0 Å². The van der Waals surface area contributed by atoms with E-state index in [2.05, 4.69) is 0 Å². The molecule has 0 atom stereocenters. The zero-order valence-corrected chi connectivity index (χ0v) is 11.0. The molecule has 1 amide bonds. The fraction of sp³-hybridized carbons (Fsp3) is 0.188. The maximum Gasteiger partial charge on any atom is 0.416 e. The number of hydrogen-bond acceptors (Lipinski definition) is 1. The van der Waals surface area contributed by atoms with Crippen molar-refractivity contribution in [2.24, 2.45) is 0 Å². The van der Waals surface area contributed by atoms with Gasteiger partial charge in [0.2, 0.25) is 5.91 Å². The summed E-state index contributed by atoms with van der Waals surface area (Å²) in [6.45, 7) is 0.286. The quantitative estimate of drug-likeness (QED) is 0.824. The van der Waals surface area contributed by atoms with Gasteiger partial charge in [0.25, 0.3) is 0 Å². The van der Waals surface area contributed by atoms with Crippen molar-refractivity contribution in [2.45, 2.75) is 19.1 Å². The second kappa shape index (κ2) is 4.91. The first kappa shape index (κ1) is 13.7. The Hall–Kier alpha value is -2.30. The smallest absolute Gasteiger partial charge is 0.307 e. The van der Waals surface area contributed by atoms with Gasteiger partial charge in [-0.3, -0.25) is 4.79 Å². The van der Waals surface area contributed by atoms with Crippen molar-refractivity contribution in [3.63, 3.8) is 0 Å². The summed E-state index contributed by atoms with van der Waals surface area (Å²) in [5.41, 5.74) is 1.16. The monoisotopic (exact) mass is 291 g/mol. The number of hydrogen-bond donors (Lipinski definition) is 0. The molecule has 1 aliphatic heterocycles. The lowest BCUT2D eigenvalue weighted by atomic mass is 10.1. The van der Waals surface area contributed by atoms with Gasteiger partial charge in [0.15, 0.2) is 0 Å². The summed E-state index contributed by atoms with van der Waals surface area (Å²) in [7, 11) is 0. The van der Waals surface area contributed by atoms with Crippen LogP contribution in [0.1, 0.15) is 16.7 Å². The van der Waals surface area contributed by atoms with E-state index >= 15 is 0 Å². The summed E-state index contributed by atoms with van der Waals surface area (Å²) < 4.78 is 38.4. The largest absolute Gasteiger partial charge is 0.416 e. The third-order valence-electron chi connectivity index (χ3n) is 3.53. The number of rotatable bonds is 2. The van der Waals surface area contributed by atoms with Crippen molar-refractivity contribution in [3.8, 4) is 0 Å². The van der Waals surface area contributed by atoms with Crippen molar-refractivity contribution in [1.82, 2.24) is 0 Å². The number of nitrogens with zero attached hydrogens (tertiary/aromatic N) is 1. The van der Waals surface area contributed by atoms with Crippen LogP contribution in [0.15, 0.2) is 48.5 Å². The van der Waals surface area contributed by atoms with E-state index in [1.807, 2.05) is 30.3 Å². The Morgan fingerprint density at radius 2 is 1.76 bits per heavy atom. The summed E-state index contributed by atoms with van der Waals surface area (Å²) in [4.78, 5) is 13.5. The van der Waals surface area contributed by atoms with Crippen LogP contribution in [0, 0.1) is 0 Å². The van der Waals surface area contributed by atoms with E-state index in [1.165, 1.54) is 11.0 Å². The average molecular weight is 291 g/mol. The van der Waals surface area contributed by atoms with E-state index in [1.54, 1.807) is 0 Å². The second-order valence-corrected chi connectivity index (χ2v) is 4.98. The Morgan fingerprint density at radius 3 is 2.43 bits per heavy atom. The maximum absolute atomic E-state index is 12.8. The minimum atomic E-state index is -4.40. The number of carbonyl (C=O) groups excluding carboxylic acids is 1. The molecule has 21 heavy (non-hydrogen) atoms. The van der Waals surface area contributed by atoms with Crippen LogP contribution in [-0.4, -0.2) is 5.91 Å². The Labute approximate surface area is 119 Å². The number of alkyl halides is 3. The van der Waals surface area contributed by atoms with Gasteiger partial charge in [-0.05, 0) is 23.3 Å². The predicted octanol–water partition coefficient (Wildman–Crippen LogP) is 3.79. The topological polar surface area (TPSA) is 20.3 Å². The molecule has 2 aromatic rings. The van der Waals surface area contributed by atoms with Gasteiger partial charge in [-0.2, -0.15) is 13.2 Å². The molecule has 0 saturated carbocycles. The molecule has 0 aliphatic carbocycles. The Bertz CT molecular complexity index is 680. The Kier molecular flexibility index (Phi) is 3.20. The fourth-order valence-corrected chi connectivity index (χ4v) is 2.47. The molecule has 0 saturated heterocycles. The van der Waals surface area contributed by atoms with Gasteiger partial charge >= 0.3 is 6.18 Å². The van der Waals surface area contributed by atoms with Crippen molar-refractivity contribution >= 4 is 11.6 Å². The number of amides is 1. The summed E-state index contributed by atoms with van der Waals surface area (Å²) in [5, 5.41) is 0. The van der Waals surface area contributed by atoms with Gasteiger partial charge in [0, 0.05) is 5.69 Å². The Balaban J connectivity index is 1.96. The second-order valence-electron chi connectivity index (χ2n) is 4.98. The summed E-state index contributed by atoms with van der Waals surface area (Å²) >= 11 is 0. The van der Waals surface area contributed by atoms with Gasteiger partial charge in [-0.25, -0.2) is 0 Å². The molecular weight excluding hydrogens is 279 g/mol. The highest BCUT2D eigenvalue weighted by atomic mass is 19.4. The van der Waals surface area contributed by atoms with Gasteiger partial charge < -0.3 is 4.90 Å².